The van der Waals surface area contributed by atoms with E-state index in [1.165, 1.54) is 14.2 Å². The zero-order valence-corrected chi connectivity index (χ0v) is 16.6. The third-order valence-corrected chi connectivity index (χ3v) is 7.86. The molecule has 4 rings (SSSR count). The Morgan fingerprint density at radius 2 is 1.89 bits per heavy atom. The Morgan fingerprint density at radius 3 is 2.52 bits per heavy atom. The Labute approximate surface area is 159 Å². The highest BCUT2D eigenvalue weighted by Crippen LogP contribution is 2.66. The molecule has 0 aromatic rings. The van der Waals surface area contributed by atoms with Crippen LogP contribution in [0.15, 0.2) is 23.2 Å². The molecule has 1 aliphatic heterocycles. The fraction of sp³-hybridized carbons (Fsp3) is 0.714. The molecule has 1 saturated heterocycles. The highest BCUT2D eigenvalue weighted by Gasteiger charge is 2.70. The Hall–Kier alpha value is -1.66. The number of ketones is 2. The van der Waals surface area contributed by atoms with Crippen LogP contribution in [-0.2, 0) is 23.8 Å². The van der Waals surface area contributed by atoms with E-state index in [4.69, 9.17) is 14.2 Å². The predicted octanol–water partition coefficient (Wildman–Crippen LogP) is 2.36. The third kappa shape index (κ3) is 2.14. The third-order valence-electron chi connectivity index (χ3n) is 7.86. The Kier molecular flexibility index (Phi) is 4.10. The van der Waals surface area contributed by atoms with Gasteiger partial charge < -0.3 is 19.3 Å². The number of aliphatic hydroxyl groups is 1. The Balaban J connectivity index is 1.95. The predicted molar refractivity (Wildman–Crippen MR) is 96.2 cm³/mol. The molecule has 6 heteroatoms. The minimum absolute atomic E-state index is 0.0432. The number of hydrogen-bond donors (Lipinski definition) is 1. The summed E-state index contributed by atoms with van der Waals surface area (Å²) in [5.41, 5.74) is -0.600. The monoisotopic (exact) mass is 376 g/mol. The molecule has 0 radical (unpaired) electrons. The summed E-state index contributed by atoms with van der Waals surface area (Å²) in [4.78, 5) is 27.0. The average molecular weight is 376 g/mol. The van der Waals surface area contributed by atoms with E-state index in [9.17, 15) is 14.7 Å². The quantitative estimate of drug-likeness (QED) is 0.797. The first-order valence-corrected chi connectivity index (χ1v) is 9.62. The number of fused-ring (bicyclic) bond motifs is 2. The molecule has 6 nitrogen and oxygen atoms in total. The van der Waals surface area contributed by atoms with E-state index in [-0.39, 0.29) is 29.5 Å². The topological polar surface area (TPSA) is 82.1 Å². The summed E-state index contributed by atoms with van der Waals surface area (Å²) in [6.45, 7) is 5.86. The molecule has 0 unspecified atom stereocenters. The number of carbonyl (C=O) groups excluding carboxylic acids is 2. The van der Waals surface area contributed by atoms with Gasteiger partial charge in [0.1, 0.15) is 0 Å². The van der Waals surface area contributed by atoms with Crippen molar-refractivity contribution in [3.05, 3.63) is 23.2 Å². The molecule has 0 spiro atoms. The normalized spacial score (nSPS) is 46.4. The van der Waals surface area contributed by atoms with Crippen LogP contribution in [0.4, 0.5) is 0 Å². The van der Waals surface area contributed by atoms with Gasteiger partial charge in [0, 0.05) is 23.2 Å². The second-order valence-corrected chi connectivity index (χ2v) is 8.80. The van der Waals surface area contributed by atoms with Crippen molar-refractivity contribution in [3.8, 4) is 0 Å². The van der Waals surface area contributed by atoms with Crippen molar-refractivity contribution in [3.63, 3.8) is 0 Å². The standard InChI is InChI=1S/C21H28O6/c1-10-12-9-15(22)27-14-8-11-6-7-13(25-4)19(24)20(11,2)18(21(12,14)3)16(23)17(10)26-5/h7,11-12,14-15,18,22H,6,8-9H2,1-5H3/t11-,12+,14-,15-,18-,20+,21-/m1/s1. The van der Waals surface area contributed by atoms with E-state index in [1.807, 2.05) is 26.8 Å². The minimum Gasteiger partial charge on any atom is -0.493 e. The molecule has 0 aromatic heterocycles. The van der Waals surface area contributed by atoms with Crippen molar-refractivity contribution >= 4 is 11.6 Å². The fourth-order valence-electron chi connectivity index (χ4n) is 6.54. The minimum atomic E-state index is -0.878. The largest absolute Gasteiger partial charge is 0.493 e. The number of carbonyl (C=O) groups is 2. The lowest BCUT2D eigenvalue weighted by molar-refractivity contribution is -0.270. The van der Waals surface area contributed by atoms with Gasteiger partial charge in [0.2, 0.25) is 11.6 Å². The first-order valence-electron chi connectivity index (χ1n) is 9.62. The van der Waals surface area contributed by atoms with Crippen LogP contribution in [0.5, 0.6) is 0 Å². The smallest absolute Gasteiger partial charge is 0.203 e. The summed E-state index contributed by atoms with van der Waals surface area (Å²) in [6.07, 6.45) is 2.35. The summed E-state index contributed by atoms with van der Waals surface area (Å²) in [5.74, 6) is -0.266. The lowest BCUT2D eigenvalue weighted by Crippen LogP contribution is -2.68. The van der Waals surface area contributed by atoms with Gasteiger partial charge in [0.25, 0.3) is 0 Å². The van der Waals surface area contributed by atoms with E-state index in [1.54, 1.807) is 0 Å². The van der Waals surface area contributed by atoms with Crippen LogP contribution in [0, 0.1) is 28.6 Å². The van der Waals surface area contributed by atoms with Crippen LogP contribution in [0.25, 0.3) is 0 Å². The van der Waals surface area contributed by atoms with Crippen LogP contribution < -0.4 is 0 Å². The van der Waals surface area contributed by atoms with E-state index in [0.29, 0.717) is 30.8 Å². The van der Waals surface area contributed by atoms with Gasteiger partial charge >= 0.3 is 0 Å². The molecule has 0 aromatic carbocycles. The zero-order valence-electron chi connectivity index (χ0n) is 16.6. The molecule has 1 saturated carbocycles. The highest BCUT2D eigenvalue weighted by atomic mass is 16.6. The van der Waals surface area contributed by atoms with Crippen LogP contribution in [-0.4, -0.2) is 43.3 Å². The van der Waals surface area contributed by atoms with E-state index >= 15 is 0 Å². The van der Waals surface area contributed by atoms with Gasteiger partial charge in [0.15, 0.2) is 17.8 Å². The molecule has 0 bridgehead atoms. The molecule has 1 N–H and O–H groups in total. The molecule has 7 atom stereocenters. The van der Waals surface area contributed by atoms with Gasteiger partial charge in [-0.05, 0) is 43.3 Å². The second kappa shape index (κ2) is 5.92. The van der Waals surface area contributed by atoms with Crippen molar-refractivity contribution in [1.82, 2.24) is 0 Å². The van der Waals surface area contributed by atoms with E-state index in [2.05, 4.69) is 0 Å². The zero-order chi connectivity index (χ0) is 19.7. The molecular weight excluding hydrogens is 348 g/mol. The lowest BCUT2D eigenvalue weighted by atomic mass is 9.41. The van der Waals surface area contributed by atoms with Crippen molar-refractivity contribution in [2.45, 2.75) is 52.4 Å². The van der Waals surface area contributed by atoms with Crippen molar-refractivity contribution in [2.24, 2.45) is 28.6 Å². The first kappa shape index (κ1) is 18.7. The van der Waals surface area contributed by atoms with Crippen LogP contribution in [0.2, 0.25) is 0 Å². The van der Waals surface area contributed by atoms with Crippen molar-refractivity contribution in [1.29, 1.82) is 0 Å². The van der Waals surface area contributed by atoms with Gasteiger partial charge in [-0.25, -0.2) is 0 Å². The average Bonchev–Trinajstić information content (AvgIpc) is 2.61. The maximum absolute atomic E-state index is 13.6. The molecular formula is C21H28O6. The number of Topliss-reactive ketones (excluding diaryl/α,β-unsaturated/α-hetero) is 2. The maximum atomic E-state index is 13.6. The second-order valence-electron chi connectivity index (χ2n) is 8.80. The van der Waals surface area contributed by atoms with Crippen LogP contribution in [0.3, 0.4) is 0 Å². The highest BCUT2D eigenvalue weighted by molar-refractivity contribution is 6.07. The molecule has 3 aliphatic carbocycles. The van der Waals surface area contributed by atoms with Gasteiger partial charge in [-0.3, -0.25) is 9.59 Å². The molecule has 2 fully saturated rings. The van der Waals surface area contributed by atoms with Crippen LogP contribution >= 0.6 is 0 Å². The summed E-state index contributed by atoms with van der Waals surface area (Å²) >= 11 is 0. The number of hydrogen-bond acceptors (Lipinski definition) is 6. The number of methoxy groups -OCH3 is 2. The summed E-state index contributed by atoms with van der Waals surface area (Å²) < 4.78 is 16.8. The Morgan fingerprint density at radius 1 is 1.19 bits per heavy atom. The SMILES string of the molecule is COC1=CC[C@@H]2C[C@H]3O[C@@H](O)C[C@H]4C(C)=C(OC)C(=O)[C@H]([C@@]2(C)C1=O)[C@@]34C. The first-order chi connectivity index (χ1) is 12.7. The fourth-order valence-corrected chi connectivity index (χ4v) is 6.54. The lowest BCUT2D eigenvalue weighted by Gasteiger charge is -2.64. The van der Waals surface area contributed by atoms with Gasteiger partial charge in [-0.1, -0.05) is 13.8 Å². The molecule has 4 aliphatic rings. The Bertz CT molecular complexity index is 767. The van der Waals surface area contributed by atoms with Gasteiger partial charge in [0.05, 0.1) is 20.3 Å². The van der Waals surface area contributed by atoms with Crippen LogP contribution in [0.1, 0.15) is 40.0 Å². The number of allylic oxidation sites excluding steroid dienone is 4. The molecule has 148 valence electrons. The van der Waals surface area contributed by atoms with Gasteiger partial charge in [-0.15, -0.1) is 0 Å². The summed E-state index contributed by atoms with van der Waals surface area (Å²) in [5, 5.41) is 10.3. The molecule has 27 heavy (non-hydrogen) atoms. The number of ether oxygens (including phenoxy) is 3. The van der Waals surface area contributed by atoms with E-state index in [0.717, 1.165) is 5.57 Å². The maximum Gasteiger partial charge on any atom is 0.203 e. The number of rotatable bonds is 2. The van der Waals surface area contributed by atoms with Gasteiger partial charge in [-0.2, -0.15) is 0 Å². The summed E-state index contributed by atoms with van der Waals surface area (Å²) in [6, 6.07) is 0. The van der Waals surface area contributed by atoms with Crippen molar-refractivity contribution in [2.75, 3.05) is 14.2 Å². The number of aliphatic hydroxyl groups excluding tert-OH is 1. The molecule has 0 amide bonds. The molecule has 1 heterocycles. The van der Waals surface area contributed by atoms with E-state index < -0.39 is 23.0 Å². The summed E-state index contributed by atoms with van der Waals surface area (Å²) in [7, 11) is 3.00. The van der Waals surface area contributed by atoms with Crippen molar-refractivity contribution < 1.29 is 28.9 Å².